The predicted octanol–water partition coefficient (Wildman–Crippen LogP) is 3.82. The van der Waals surface area contributed by atoms with E-state index in [4.69, 9.17) is 0 Å². The Balaban J connectivity index is 1.25. The Bertz CT molecular complexity index is 1340. The number of rotatable bonds is 5. The first-order valence-electron chi connectivity index (χ1n) is 12.2. The van der Waals surface area contributed by atoms with Crippen LogP contribution < -0.4 is 15.8 Å². The number of hydrogen-bond acceptors (Lipinski definition) is 5. The number of amides is 1. The van der Waals surface area contributed by atoms with Crippen LogP contribution in [0.4, 0.5) is 18.9 Å². The van der Waals surface area contributed by atoms with Crippen LogP contribution in [0.1, 0.15) is 53.5 Å². The van der Waals surface area contributed by atoms with Crippen LogP contribution in [0, 0.1) is 5.82 Å². The summed E-state index contributed by atoms with van der Waals surface area (Å²) < 4.78 is 41.5. The third-order valence-corrected chi connectivity index (χ3v) is 7.43. The fourth-order valence-electron chi connectivity index (χ4n) is 5.57. The average Bonchev–Trinajstić information content (AvgIpc) is 3.38. The first-order valence-corrected chi connectivity index (χ1v) is 12.2. The van der Waals surface area contributed by atoms with Gasteiger partial charge in [-0.05, 0) is 48.9 Å². The van der Waals surface area contributed by atoms with E-state index in [1.165, 1.54) is 19.2 Å². The molecule has 2 fully saturated rings. The number of hydrogen-bond donors (Lipinski definition) is 2. The first kappa shape index (κ1) is 24.3. The van der Waals surface area contributed by atoms with Crippen LogP contribution >= 0.6 is 0 Å². The van der Waals surface area contributed by atoms with Crippen molar-refractivity contribution in [3.8, 4) is 0 Å². The molecule has 1 amide bonds. The number of H-pyrrole nitrogens is 1. The third kappa shape index (κ3) is 4.57. The number of alkyl halides is 2. The number of halogens is 3. The maximum Gasteiger partial charge on any atom is 0.282 e. The molecule has 1 saturated carbocycles. The molecule has 2 N–H and O–H groups in total. The molecule has 1 aliphatic heterocycles. The zero-order valence-electron chi connectivity index (χ0n) is 19.9. The largest absolute Gasteiger partial charge is 0.367 e. The van der Waals surface area contributed by atoms with E-state index in [2.05, 4.69) is 20.2 Å². The van der Waals surface area contributed by atoms with E-state index in [9.17, 15) is 22.8 Å². The van der Waals surface area contributed by atoms with Crippen molar-refractivity contribution in [3.63, 3.8) is 0 Å². The number of fused-ring (bicyclic) bond motifs is 1. The van der Waals surface area contributed by atoms with E-state index in [0.29, 0.717) is 30.2 Å². The molecule has 0 spiro atoms. The van der Waals surface area contributed by atoms with Gasteiger partial charge in [0.25, 0.3) is 17.9 Å². The van der Waals surface area contributed by atoms with Gasteiger partial charge in [0.05, 0.1) is 11.1 Å². The third-order valence-electron chi connectivity index (χ3n) is 7.43. The topological polar surface area (TPSA) is 81.3 Å². The minimum Gasteiger partial charge on any atom is -0.367 e. The van der Waals surface area contributed by atoms with Gasteiger partial charge in [0.1, 0.15) is 17.2 Å². The van der Waals surface area contributed by atoms with E-state index in [1.807, 2.05) is 11.0 Å². The number of carbonyl (C=O) groups excluding carboxylic acids is 1. The number of aromatic nitrogens is 2. The van der Waals surface area contributed by atoms with Gasteiger partial charge < -0.3 is 15.2 Å². The highest BCUT2D eigenvalue weighted by Crippen LogP contribution is 2.37. The zero-order chi connectivity index (χ0) is 25.4. The van der Waals surface area contributed by atoms with Gasteiger partial charge in [0, 0.05) is 50.9 Å². The number of nitrogens with one attached hydrogen (secondary N) is 2. The fraction of sp³-hybridized carbons (Fsp3) is 0.423. The zero-order valence-corrected chi connectivity index (χ0v) is 19.9. The Labute approximate surface area is 206 Å². The van der Waals surface area contributed by atoms with E-state index in [-0.39, 0.29) is 22.7 Å². The van der Waals surface area contributed by atoms with Gasteiger partial charge in [0.2, 0.25) is 0 Å². The fourth-order valence-corrected chi connectivity index (χ4v) is 5.57. The smallest absolute Gasteiger partial charge is 0.282 e. The maximum atomic E-state index is 14.1. The summed E-state index contributed by atoms with van der Waals surface area (Å²) in [6.45, 7) is 2.59. The lowest BCUT2D eigenvalue weighted by atomic mass is 10.00. The second kappa shape index (κ2) is 9.93. The number of anilines is 1. The van der Waals surface area contributed by atoms with Gasteiger partial charge in [0.15, 0.2) is 0 Å². The van der Waals surface area contributed by atoms with Gasteiger partial charge in [-0.15, -0.1) is 0 Å². The Morgan fingerprint density at radius 3 is 2.64 bits per heavy atom. The highest BCUT2D eigenvalue weighted by Gasteiger charge is 2.33. The van der Waals surface area contributed by atoms with Crippen molar-refractivity contribution in [2.45, 2.75) is 37.6 Å². The van der Waals surface area contributed by atoms with Crippen LogP contribution in [0.5, 0.6) is 0 Å². The molecule has 1 aromatic carbocycles. The minimum atomic E-state index is -2.78. The summed E-state index contributed by atoms with van der Waals surface area (Å²) in [5.74, 6) is -0.835. The number of nitrogens with zero attached hydrogens (tertiary/aromatic N) is 3. The quantitative estimate of drug-likeness (QED) is 0.558. The van der Waals surface area contributed by atoms with E-state index < -0.39 is 23.7 Å². The molecule has 10 heteroatoms. The van der Waals surface area contributed by atoms with Crippen molar-refractivity contribution in [1.29, 1.82) is 0 Å². The van der Waals surface area contributed by atoms with Crippen LogP contribution in [0.2, 0.25) is 0 Å². The summed E-state index contributed by atoms with van der Waals surface area (Å²) in [6.07, 6.45) is -0.0158. The molecule has 1 saturated heterocycles. The van der Waals surface area contributed by atoms with Crippen molar-refractivity contribution in [2.24, 2.45) is 0 Å². The number of benzene rings is 1. The molecule has 0 unspecified atom stereocenters. The van der Waals surface area contributed by atoms with Crippen LogP contribution in [0.25, 0.3) is 10.8 Å². The predicted molar refractivity (Wildman–Crippen MR) is 131 cm³/mol. The normalized spacial score (nSPS) is 20.9. The number of pyridine rings is 2. The van der Waals surface area contributed by atoms with E-state index in [0.717, 1.165) is 38.0 Å². The Hall–Kier alpha value is -3.40. The average molecular weight is 500 g/mol. The van der Waals surface area contributed by atoms with Crippen molar-refractivity contribution in [1.82, 2.24) is 20.2 Å². The molecular weight excluding hydrogens is 471 g/mol. The lowest BCUT2D eigenvalue weighted by Crippen LogP contribution is -2.50. The van der Waals surface area contributed by atoms with Crippen LogP contribution in [-0.2, 0) is 0 Å². The van der Waals surface area contributed by atoms with Gasteiger partial charge in [-0.2, -0.15) is 0 Å². The molecule has 1 aliphatic carbocycles. The summed E-state index contributed by atoms with van der Waals surface area (Å²) in [6, 6.07) is 9.90. The summed E-state index contributed by atoms with van der Waals surface area (Å²) in [4.78, 5) is 35.4. The molecule has 0 bridgehead atoms. The van der Waals surface area contributed by atoms with Crippen LogP contribution in [0.3, 0.4) is 0 Å². The second-order valence-electron chi connectivity index (χ2n) is 9.43. The lowest BCUT2D eigenvalue weighted by Gasteiger charge is -2.39. The van der Waals surface area contributed by atoms with Crippen LogP contribution in [0.15, 0.2) is 41.2 Å². The lowest BCUT2D eigenvalue weighted by molar-refractivity contribution is 0.0956. The number of aromatic amines is 1. The highest BCUT2D eigenvalue weighted by atomic mass is 19.3. The Morgan fingerprint density at radius 1 is 1.14 bits per heavy atom. The molecule has 2 atom stereocenters. The standard InChI is InChI=1S/C26H28F3N5O2/c1-30-25(35)19-7-8-21(23(31-19)24(28)29)34-11-9-33(10-12-34)17-6-5-15(13-17)20-14-16-3-2-4-18(27)22(16)26(36)32-20/h2-4,7-8,14-15,17,24H,5-6,9-13H2,1H3,(H,30,35)(H,32,36)/t15-,17-/m1/s1. The van der Waals surface area contributed by atoms with Crippen molar-refractivity contribution in [2.75, 3.05) is 38.1 Å². The van der Waals surface area contributed by atoms with Crippen LogP contribution in [-0.4, -0.2) is 60.0 Å². The van der Waals surface area contributed by atoms with Gasteiger partial charge in [-0.3, -0.25) is 14.5 Å². The molecule has 2 aromatic heterocycles. The molecule has 36 heavy (non-hydrogen) atoms. The summed E-state index contributed by atoms with van der Waals surface area (Å²) in [5, 5.41) is 3.11. The SMILES string of the molecule is CNC(=O)c1ccc(N2CCN([C@@H]3CC[C@@H](c4cc5cccc(F)c5c(=O)[nH]4)C3)CC2)c(C(F)F)n1. The van der Waals surface area contributed by atoms with Crippen molar-refractivity contribution in [3.05, 3.63) is 69.7 Å². The molecule has 3 aromatic rings. The number of piperazine rings is 1. The minimum absolute atomic E-state index is 0.0262. The molecule has 7 nitrogen and oxygen atoms in total. The molecule has 3 heterocycles. The second-order valence-corrected chi connectivity index (χ2v) is 9.43. The number of carbonyl (C=O) groups is 1. The molecular formula is C26H28F3N5O2. The Morgan fingerprint density at radius 2 is 1.92 bits per heavy atom. The summed E-state index contributed by atoms with van der Waals surface area (Å²) in [7, 11) is 1.43. The molecule has 2 aliphatic rings. The van der Waals surface area contributed by atoms with E-state index in [1.54, 1.807) is 18.2 Å². The highest BCUT2D eigenvalue weighted by molar-refractivity contribution is 5.92. The van der Waals surface area contributed by atoms with E-state index >= 15 is 0 Å². The van der Waals surface area contributed by atoms with Gasteiger partial charge >= 0.3 is 0 Å². The van der Waals surface area contributed by atoms with Gasteiger partial charge in [-0.1, -0.05) is 12.1 Å². The van der Waals surface area contributed by atoms with Crippen molar-refractivity contribution >= 4 is 22.4 Å². The summed E-state index contributed by atoms with van der Waals surface area (Å²) >= 11 is 0. The molecule has 0 radical (unpaired) electrons. The first-order chi connectivity index (χ1) is 17.4. The molecule has 190 valence electrons. The van der Waals surface area contributed by atoms with Gasteiger partial charge in [-0.25, -0.2) is 18.2 Å². The Kier molecular flexibility index (Phi) is 6.70. The molecule has 5 rings (SSSR count). The monoisotopic (exact) mass is 499 g/mol. The summed E-state index contributed by atoms with van der Waals surface area (Å²) in [5.41, 5.74) is 0.401. The van der Waals surface area contributed by atoms with Crippen molar-refractivity contribution < 1.29 is 18.0 Å². The maximum absolute atomic E-state index is 14.1.